The Kier molecular flexibility index (Phi) is 10.4. The van der Waals surface area contributed by atoms with Crippen LogP contribution in [-0.2, 0) is 16.1 Å². The first-order valence-corrected chi connectivity index (χ1v) is 14.3. The molecule has 0 bridgehead atoms. The first kappa shape index (κ1) is 31.1. The lowest BCUT2D eigenvalue weighted by molar-refractivity contribution is -0.138. The molecule has 0 spiro atoms. The van der Waals surface area contributed by atoms with Crippen LogP contribution < -0.4 is 9.47 Å². The van der Waals surface area contributed by atoms with Crippen molar-refractivity contribution in [3.63, 3.8) is 0 Å². The van der Waals surface area contributed by atoms with Crippen LogP contribution in [0.15, 0.2) is 60.8 Å². The van der Waals surface area contributed by atoms with E-state index in [1.165, 1.54) is 21.9 Å². The zero-order valence-corrected chi connectivity index (χ0v) is 24.8. The molecular formula is C35H37NO7. The van der Waals surface area contributed by atoms with Crippen molar-refractivity contribution >= 4 is 40.8 Å². The highest BCUT2D eigenvalue weighted by atomic mass is 16.5. The van der Waals surface area contributed by atoms with Crippen molar-refractivity contribution in [3.05, 3.63) is 94.2 Å². The number of rotatable bonds is 15. The number of Topliss-reactive ketones (excluding diaryl/α,β-unsaturated/α-hetero) is 1. The molecule has 0 saturated heterocycles. The zero-order valence-electron chi connectivity index (χ0n) is 24.8. The summed E-state index contributed by atoms with van der Waals surface area (Å²) >= 11 is 0. The second kappa shape index (κ2) is 14.4. The SMILES string of the molecule is Cc1ccc(C)c(OCCCCOc2ccc(C=Cc3cccc4c(C(=O)CCC(=O)O)cn(CC(=O)O)c34)cc2)c1C. The summed E-state index contributed by atoms with van der Waals surface area (Å²) in [4.78, 5) is 35.2. The monoisotopic (exact) mass is 583 g/mol. The lowest BCUT2D eigenvalue weighted by Crippen LogP contribution is -2.08. The van der Waals surface area contributed by atoms with Crippen molar-refractivity contribution in [2.45, 2.75) is 53.0 Å². The minimum atomic E-state index is -1.06. The van der Waals surface area contributed by atoms with Crippen LogP contribution in [0.5, 0.6) is 11.5 Å². The van der Waals surface area contributed by atoms with E-state index in [9.17, 15) is 19.5 Å². The Hall–Kier alpha value is -4.85. The number of para-hydroxylation sites is 1. The molecule has 0 aliphatic rings. The van der Waals surface area contributed by atoms with E-state index in [-0.39, 0.29) is 25.2 Å². The maximum absolute atomic E-state index is 12.7. The number of hydrogen-bond donors (Lipinski definition) is 2. The molecule has 0 aliphatic heterocycles. The number of carboxylic acid groups (broad SMARTS) is 2. The molecular weight excluding hydrogens is 546 g/mol. The normalized spacial score (nSPS) is 11.2. The number of carbonyl (C=O) groups is 3. The van der Waals surface area contributed by atoms with Gasteiger partial charge in [-0.05, 0) is 73.6 Å². The largest absolute Gasteiger partial charge is 0.494 e. The number of ketones is 1. The van der Waals surface area contributed by atoms with Gasteiger partial charge in [-0.25, -0.2) is 0 Å². The van der Waals surface area contributed by atoms with E-state index < -0.39 is 11.9 Å². The molecule has 8 heteroatoms. The van der Waals surface area contributed by atoms with Crippen molar-refractivity contribution in [2.24, 2.45) is 0 Å². The third-order valence-corrected chi connectivity index (χ3v) is 7.36. The predicted molar refractivity (Wildman–Crippen MR) is 167 cm³/mol. The van der Waals surface area contributed by atoms with Gasteiger partial charge >= 0.3 is 11.9 Å². The number of aromatic nitrogens is 1. The van der Waals surface area contributed by atoms with Crippen LogP contribution in [-0.4, -0.2) is 45.7 Å². The Balaban J connectivity index is 1.37. The molecule has 1 heterocycles. The van der Waals surface area contributed by atoms with E-state index in [4.69, 9.17) is 14.6 Å². The Bertz CT molecular complexity index is 1650. The molecule has 0 amide bonds. The van der Waals surface area contributed by atoms with Crippen molar-refractivity contribution < 1.29 is 34.1 Å². The van der Waals surface area contributed by atoms with Gasteiger partial charge in [0, 0.05) is 23.6 Å². The molecule has 0 unspecified atom stereocenters. The van der Waals surface area contributed by atoms with Gasteiger partial charge in [0.1, 0.15) is 18.0 Å². The summed E-state index contributed by atoms with van der Waals surface area (Å²) in [6.45, 7) is 7.14. The van der Waals surface area contributed by atoms with Crippen molar-refractivity contribution in [3.8, 4) is 11.5 Å². The van der Waals surface area contributed by atoms with Crippen LogP contribution in [0, 0.1) is 20.8 Å². The standard InChI is InChI=1S/C35H37NO7/c1-23-9-10-24(2)35(25(23)3)43-20-5-4-19-42-28-15-12-26(13-16-28)11-14-27-7-6-8-29-30(31(37)17-18-32(38)39)21-36(34(27)29)22-33(40)41/h6-16,21H,4-5,17-20,22H2,1-3H3,(H,38,39)(H,40,41). The van der Waals surface area contributed by atoms with E-state index >= 15 is 0 Å². The second-order valence-corrected chi connectivity index (χ2v) is 10.6. The summed E-state index contributed by atoms with van der Waals surface area (Å²) in [6, 6.07) is 17.3. The number of carbonyl (C=O) groups excluding carboxylic acids is 1. The van der Waals surface area contributed by atoms with Crippen LogP contribution in [0.1, 0.15) is 63.9 Å². The maximum Gasteiger partial charge on any atom is 0.323 e. The number of benzene rings is 3. The number of aliphatic carboxylic acids is 2. The fraction of sp³-hybridized carbons (Fsp3) is 0.286. The molecule has 2 N–H and O–H groups in total. The Morgan fingerprint density at radius 1 is 0.791 bits per heavy atom. The molecule has 4 aromatic rings. The van der Waals surface area contributed by atoms with Gasteiger partial charge in [0.15, 0.2) is 5.78 Å². The molecule has 43 heavy (non-hydrogen) atoms. The number of unbranched alkanes of at least 4 members (excludes halogenated alkanes) is 1. The predicted octanol–water partition coefficient (Wildman–Crippen LogP) is 7.11. The number of fused-ring (bicyclic) bond motifs is 1. The lowest BCUT2D eigenvalue weighted by Gasteiger charge is -2.14. The highest BCUT2D eigenvalue weighted by molar-refractivity contribution is 6.10. The summed E-state index contributed by atoms with van der Waals surface area (Å²) in [6.07, 6.45) is 6.60. The average molecular weight is 584 g/mol. The minimum Gasteiger partial charge on any atom is -0.494 e. The van der Waals surface area contributed by atoms with Gasteiger partial charge < -0.3 is 24.3 Å². The van der Waals surface area contributed by atoms with E-state index in [1.54, 1.807) is 12.1 Å². The van der Waals surface area contributed by atoms with Crippen LogP contribution in [0.2, 0.25) is 0 Å². The summed E-state index contributed by atoms with van der Waals surface area (Å²) in [5.41, 5.74) is 6.15. The fourth-order valence-electron chi connectivity index (χ4n) is 4.95. The molecule has 8 nitrogen and oxygen atoms in total. The summed E-state index contributed by atoms with van der Waals surface area (Å²) in [5.74, 6) is -0.695. The van der Waals surface area contributed by atoms with Crippen molar-refractivity contribution in [1.29, 1.82) is 0 Å². The molecule has 224 valence electrons. The highest BCUT2D eigenvalue weighted by Crippen LogP contribution is 2.28. The smallest absolute Gasteiger partial charge is 0.323 e. The quantitative estimate of drug-likeness (QED) is 0.0871. The van der Waals surface area contributed by atoms with Gasteiger partial charge in [0.25, 0.3) is 0 Å². The van der Waals surface area contributed by atoms with Crippen molar-refractivity contribution in [2.75, 3.05) is 13.2 Å². The van der Waals surface area contributed by atoms with Gasteiger partial charge in [-0.3, -0.25) is 14.4 Å². The Morgan fingerprint density at radius 3 is 2.19 bits per heavy atom. The molecule has 0 atom stereocenters. The first-order valence-electron chi connectivity index (χ1n) is 14.3. The molecule has 4 rings (SSSR count). The molecule has 0 aliphatic carbocycles. The molecule has 0 radical (unpaired) electrons. The summed E-state index contributed by atoms with van der Waals surface area (Å²) in [7, 11) is 0. The van der Waals surface area contributed by atoms with E-state index in [0.717, 1.165) is 41.0 Å². The second-order valence-electron chi connectivity index (χ2n) is 10.6. The van der Waals surface area contributed by atoms with Gasteiger partial charge in [-0.15, -0.1) is 0 Å². The van der Waals surface area contributed by atoms with Crippen LogP contribution in [0.3, 0.4) is 0 Å². The summed E-state index contributed by atoms with van der Waals surface area (Å²) < 4.78 is 13.5. The first-order chi connectivity index (χ1) is 20.6. The zero-order chi connectivity index (χ0) is 30.9. The minimum absolute atomic E-state index is 0.156. The lowest BCUT2D eigenvalue weighted by atomic mass is 10.0. The van der Waals surface area contributed by atoms with E-state index in [2.05, 4.69) is 32.9 Å². The number of ether oxygens (including phenoxy) is 2. The number of nitrogens with zero attached hydrogens (tertiary/aromatic N) is 1. The molecule has 1 aromatic heterocycles. The average Bonchev–Trinajstić information content (AvgIpc) is 3.35. The van der Waals surface area contributed by atoms with Crippen molar-refractivity contribution in [1.82, 2.24) is 4.57 Å². The van der Waals surface area contributed by atoms with Crippen LogP contribution >= 0.6 is 0 Å². The van der Waals surface area contributed by atoms with Gasteiger partial charge in [0.05, 0.1) is 25.2 Å². The van der Waals surface area contributed by atoms with Gasteiger partial charge in [0.2, 0.25) is 0 Å². The number of aryl methyl sites for hydroxylation is 2. The Labute approximate surface area is 251 Å². The van der Waals surface area contributed by atoms with E-state index in [1.807, 2.05) is 42.5 Å². The highest BCUT2D eigenvalue weighted by Gasteiger charge is 2.18. The molecule has 0 saturated carbocycles. The number of hydrogen-bond acceptors (Lipinski definition) is 5. The Morgan fingerprint density at radius 2 is 1.49 bits per heavy atom. The third-order valence-electron chi connectivity index (χ3n) is 7.36. The maximum atomic E-state index is 12.7. The van der Waals surface area contributed by atoms with Crippen LogP contribution in [0.25, 0.3) is 23.1 Å². The topological polar surface area (TPSA) is 115 Å². The number of carboxylic acids is 2. The summed E-state index contributed by atoms with van der Waals surface area (Å²) in [5, 5.41) is 19.0. The molecule has 3 aromatic carbocycles. The van der Waals surface area contributed by atoms with Crippen LogP contribution in [0.4, 0.5) is 0 Å². The third kappa shape index (κ3) is 8.13. The fourth-order valence-corrected chi connectivity index (χ4v) is 4.95. The van der Waals surface area contributed by atoms with E-state index in [0.29, 0.717) is 29.7 Å². The van der Waals surface area contributed by atoms with Gasteiger partial charge in [-0.2, -0.15) is 0 Å². The van der Waals surface area contributed by atoms with Gasteiger partial charge in [-0.1, -0.05) is 54.6 Å². The molecule has 0 fully saturated rings.